The Morgan fingerprint density at radius 2 is 1.67 bits per heavy atom. The maximum Gasteiger partial charge on any atom is 0.244 e. The van der Waals surface area contributed by atoms with Crippen molar-refractivity contribution in [1.29, 1.82) is 0 Å². The Balaban J connectivity index is 0. The van der Waals surface area contributed by atoms with Gasteiger partial charge in [0.2, 0.25) is 5.91 Å². The van der Waals surface area contributed by atoms with Gasteiger partial charge >= 0.3 is 0 Å². The fourth-order valence-electron chi connectivity index (χ4n) is 2.63. The van der Waals surface area contributed by atoms with E-state index in [0.717, 1.165) is 36.1 Å². The van der Waals surface area contributed by atoms with Crippen molar-refractivity contribution >= 4 is 11.6 Å². The molecule has 1 N–H and O–H groups in total. The molecule has 0 atom stereocenters. The minimum Gasteiger partial charge on any atom is -0.358 e. The molecule has 0 unspecified atom stereocenters. The first kappa shape index (κ1) is 23.7. The van der Waals surface area contributed by atoms with E-state index in [-0.39, 0.29) is 72.0 Å². The van der Waals surface area contributed by atoms with Gasteiger partial charge in [-0.05, 0) is 58.3 Å². The van der Waals surface area contributed by atoms with Crippen LogP contribution in [0.2, 0.25) is 0 Å². The molecule has 1 saturated carbocycles. The SMILES string of the molecule is Cc1cccc(C)c1NC(=O)C1(N(C)C)CCC1.[CH3-].[Re].[Y]. The molecule has 2 rings (SSSR count). The van der Waals surface area contributed by atoms with Crippen LogP contribution < -0.4 is 5.32 Å². The topological polar surface area (TPSA) is 32.3 Å². The van der Waals surface area contributed by atoms with Gasteiger partial charge in [0, 0.05) is 58.8 Å². The molecule has 2 radical (unpaired) electrons. The number of carbonyl (C=O) groups is 1. The van der Waals surface area contributed by atoms with Crippen molar-refractivity contribution in [3.05, 3.63) is 36.8 Å². The maximum absolute atomic E-state index is 12.5. The van der Waals surface area contributed by atoms with Crippen LogP contribution in [-0.4, -0.2) is 30.4 Å². The molecule has 1 aromatic carbocycles. The second-order valence-electron chi connectivity index (χ2n) is 5.50. The molecule has 21 heavy (non-hydrogen) atoms. The number of nitrogens with one attached hydrogen (secondary N) is 1. The van der Waals surface area contributed by atoms with Crippen LogP contribution in [0.1, 0.15) is 30.4 Å². The number of hydrogen-bond donors (Lipinski definition) is 1. The number of para-hydroxylation sites is 1. The Morgan fingerprint density at radius 3 is 2.00 bits per heavy atom. The van der Waals surface area contributed by atoms with Crippen molar-refractivity contribution in [2.75, 3.05) is 19.4 Å². The van der Waals surface area contributed by atoms with Gasteiger partial charge in [-0.15, -0.1) is 0 Å². The third-order valence-corrected chi connectivity index (χ3v) is 4.18. The normalized spacial score (nSPS) is 14.9. The number of hydrogen-bond acceptors (Lipinski definition) is 2. The summed E-state index contributed by atoms with van der Waals surface area (Å²) in [4.78, 5) is 14.6. The Bertz CT molecular complexity index is 453. The van der Waals surface area contributed by atoms with Gasteiger partial charge in [0.1, 0.15) is 5.54 Å². The van der Waals surface area contributed by atoms with E-state index in [9.17, 15) is 4.79 Å². The number of rotatable bonds is 3. The molecule has 5 heteroatoms. The van der Waals surface area contributed by atoms with Crippen LogP contribution in [0.3, 0.4) is 0 Å². The van der Waals surface area contributed by atoms with Gasteiger partial charge in [-0.3, -0.25) is 9.69 Å². The number of carbonyl (C=O) groups excluding carboxylic acids is 1. The molecule has 0 spiro atoms. The van der Waals surface area contributed by atoms with E-state index in [0.29, 0.717) is 0 Å². The van der Waals surface area contributed by atoms with Gasteiger partial charge in [-0.25, -0.2) is 0 Å². The predicted molar refractivity (Wildman–Crippen MR) is 81.2 cm³/mol. The van der Waals surface area contributed by atoms with E-state index in [2.05, 4.69) is 10.2 Å². The molecule has 0 saturated heterocycles. The first-order chi connectivity index (χ1) is 8.47. The van der Waals surface area contributed by atoms with Gasteiger partial charge in [-0.1, -0.05) is 18.2 Å². The third kappa shape index (κ3) is 4.69. The number of likely N-dealkylation sites (N-methyl/N-ethyl adjacent to an activating group) is 1. The summed E-state index contributed by atoms with van der Waals surface area (Å²) in [7, 11) is 3.98. The number of nitrogens with zero attached hydrogens (tertiary/aromatic N) is 1. The van der Waals surface area contributed by atoms with E-state index in [1.165, 1.54) is 0 Å². The van der Waals surface area contributed by atoms with Crippen molar-refractivity contribution in [3.8, 4) is 0 Å². The summed E-state index contributed by atoms with van der Waals surface area (Å²) in [6.07, 6.45) is 3.05. The predicted octanol–water partition coefficient (Wildman–Crippen LogP) is 3.17. The fourth-order valence-corrected chi connectivity index (χ4v) is 2.63. The minimum absolute atomic E-state index is 0. The molecule has 0 aromatic heterocycles. The zero-order chi connectivity index (χ0) is 13.3. The number of benzene rings is 1. The number of aryl methyl sites for hydroxylation is 2. The maximum atomic E-state index is 12.5. The third-order valence-electron chi connectivity index (χ3n) is 4.18. The number of amides is 1. The molecule has 0 heterocycles. The van der Waals surface area contributed by atoms with Crippen LogP contribution in [0, 0.1) is 21.3 Å². The Labute approximate surface area is 168 Å². The van der Waals surface area contributed by atoms with Crippen molar-refractivity contribution in [2.24, 2.45) is 0 Å². The molecule has 0 bridgehead atoms. The van der Waals surface area contributed by atoms with Crippen LogP contribution in [0.4, 0.5) is 5.69 Å². The summed E-state index contributed by atoms with van der Waals surface area (Å²) in [5, 5.41) is 3.12. The van der Waals surface area contributed by atoms with Crippen molar-refractivity contribution in [2.45, 2.75) is 38.6 Å². The Kier molecular flexibility index (Phi) is 10.7. The quantitative estimate of drug-likeness (QED) is 0.603. The van der Waals surface area contributed by atoms with Crippen LogP contribution in [0.5, 0.6) is 0 Å². The summed E-state index contributed by atoms with van der Waals surface area (Å²) in [6.45, 7) is 4.07. The van der Waals surface area contributed by atoms with Gasteiger partial charge in [0.25, 0.3) is 0 Å². The minimum atomic E-state index is -0.297. The zero-order valence-electron chi connectivity index (χ0n) is 13.7. The molecule has 1 aliphatic carbocycles. The van der Waals surface area contributed by atoms with Gasteiger partial charge in [0.05, 0.1) is 0 Å². The van der Waals surface area contributed by atoms with Crippen LogP contribution in [0.15, 0.2) is 18.2 Å². The van der Waals surface area contributed by atoms with Crippen molar-refractivity contribution < 1.29 is 57.9 Å². The smallest absolute Gasteiger partial charge is 0.244 e. The van der Waals surface area contributed by atoms with E-state index in [1.54, 1.807) is 0 Å². The molecule has 1 aromatic rings. The summed E-state index contributed by atoms with van der Waals surface area (Å²) >= 11 is 0. The molecule has 1 amide bonds. The van der Waals surface area contributed by atoms with E-state index in [4.69, 9.17) is 0 Å². The summed E-state index contributed by atoms with van der Waals surface area (Å²) in [5.41, 5.74) is 2.91. The first-order valence-corrected chi connectivity index (χ1v) is 6.52. The van der Waals surface area contributed by atoms with Crippen LogP contribution in [-0.2, 0) is 57.9 Å². The number of anilines is 1. The average Bonchev–Trinajstić information content (AvgIpc) is 2.21. The Hall–Kier alpha value is 0.416. The summed E-state index contributed by atoms with van der Waals surface area (Å²) in [5.74, 6) is 0.135. The summed E-state index contributed by atoms with van der Waals surface area (Å²) in [6, 6.07) is 6.09. The Morgan fingerprint density at radius 1 is 1.19 bits per heavy atom. The molecule has 1 fully saturated rings. The second-order valence-corrected chi connectivity index (χ2v) is 5.50. The molecule has 116 valence electrons. The van der Waals surface area contributed by atoms with Crippen LogP contribution in [0.25, 0.3) is 0 Å². The molecule has 0 aliphatic heterocycles. The van der Waals surface area contributed by atoms with Gasteiger partial charge < -0.3 is 12.7 Å². The van der Waals surface area contributed by atoms with E-state index >= 15 is 0 Å². The molecule has 1 aliphatic rings. The summed E-state index contributed by atoms with van der Waals surface area (Å²) < 4.78 is 0. The van der Waals surface area contributed by atoms with Gasteiger partial charge in [0.15, 0.2) is 0 Å². The van der Waals surface area contributed by atoms with Crippen LogP contribution >= 0.6 is 0 Å². The van der Waals surface area contributed by atoms with E-state index < -0.39 is 0 Å². The van der Waals surface area contributed by atoms with E-state index in [1.807, 2.05) is 46.1 Å². The molecular weight excluding hydrogens is 511 g/mol. The average molecular weight is 537 g/mol. The van der Waals surface area contributed by atoms with Crippen molar-refractivity contribution in [3.63, 3.8) is 0 Å². The first-order valence-electron chi connectivity index (χ1n) is 6.52. The van der Waals surface area contributed by atoms with Gasteiger partial charge in [-0.2, -0.15) is 0 Å². The van der Waals surface area contributed by atoms with Crippen molar-refractivity contribution in [1.82, 2.24) is 4.90 Å². The molecule has 3 nitrogen and oxygen atoms in total. The fraction of sp³-hybridized carbons (Fsp3) is 0.500. The monoisotopic (exact) mass is 537 g/mol. The standard InChI is InChI=1S/C15H22N2O.CH3.Re.Y/c1-11-7-5-8-12(2)13(11)16-14(18)15(17(3)4)9-6-10-15;;;/h5,7-8H,6,9-10H2,1-4H3,(H,16,18);1H3;;/q;-1;;. The zero-order valence-corrected chi connectivity index (χ0v) is 19.2. The molecular formula is C16H25N2OReY-. The largest absolute Gasteiger partial charge is 0.358 e. The second kappa shape index (κ2) is 9.53.